The van der Waals surface area contributed by atoms with Crippen molar-refractivity contribution >= 4 is 24.0 Å². The minimum atomic E-state index is -1.03. The molecule has 2 heterocycles. The van der Waals surface area contributed by atoms with Crippen LogP contribution in [-0.2, 0) is 16.6 Å². The third-order valence-corrected chi connectivity index (χ3v) is 2.19. The molecule has 0 radical (unpaired) electrons. The second-order valence-corrected chi connectivity index (χ2v) is 3.07. The molecular formula is C8H6N4O4. The van der Waals surface area contributed by atoms with Gasteiger partial charge in [0.1, 0.15) is 0 Å². The molecule has 0 saturated carbocycles. The van der Waals surface area contributed by atoms with Crippen LogP contribution in [-0.4, -0.2) is 31.5 Å². The molecule has 2 rings (SSSR count). The second-order valence-electron chi connectivity index (χ2n) is 3.07. The summed E-state index contributed by atoms with van der Waals surface area (Å²) in [5, 5.41) is 0. The van der Waals surface area contributed by atoms with Gasteiger partial charge in [0, 0.05) is 7.05 Å². The molecule has 8 nitrogen and oxygen atoms in total. The normalized spacial score (nSPS) is 10.6. The Morgan fingerprint density at radius 2 is 1.81 bits per heavy atom. The molecule has 0 spiro atoms. The van der Waals surface area contributed by atoms with Gasteiger partial charge in [-0.25, -0.2) is 14.3 Å². The van der Waals surface area contributed by atoms with E-state index >= 15 is 0 Å². The van der Waals surface area contributed by atoms with Crippen LogP contribution in [0.2, 0.25) is 0 Å². The highest BCUT2D eigenvalue weighted by molar-refractivity contribution is 5.78. The van der Waals surface area contributed by atoms with Crippen LogP contribution in [0.25, 0.3) is 11.2 Å². The summed E-state index contributed by atoms with van der Waals surface area (Å²) in [4.78, 5) is 48.2. The molecule has 0 saturated heterocycles. The van der Waals surface area contributed by atoms with Crippen LogP contribution in [0.5, 0.6) is 0 Å². The molecule has 16 heavy (non-hydrogen) atoms. The first-order valence-corrected chi connectivity index (χ1v) is 4.20. The fraction of sp³-hybridized carbons (Fsp3) is 0.125. The number of hydrogen-bond donors (Lipinski definition) is 0. The lowest BCUT2D eigenvalue weighted by Crippen LogP contribution is -2.40. The van der Waals surface area contributed by atoms with E-state index in [1.807, 2.05) is 0 Å². The van der Waals surface area contributed by atoms with E-state index in [-0.39, 0.29) is 24.0 Å². The lowest BCUT2D eigenvalue weighted by molar-refractivity contribution is 0.535. The minimum absolute atomic E-state index is 0.0128. The van der Waals surface area contributed by atoms with Crippen LogP contribution < -0.4 is 11.2 Å². The van der Waals surface area contributed by atoms with Crippen molar-refractivity contribution in [1.29, 1.82) is 0 Å². The van der Waals surface area contributed by atoms with Crippen LogP contribution >= 0.6 is 0 Å². The zero-order chi connectivity index (χ0) is 11.9. The summed E-state index contributed by atoms with van der Waals surface area (Å²) in [6.45, 7) is 0. The van der Waals surface area contributed by atoms with Crippen molar-refractivity contribution in [2.45, 2.75) is 0 Å². The average molecular weight is 222 g/mol. The fourth-order valence-electron chi connectivity index (χ4n) is 1.44. The molecule has 0 unspecified atom stereocenters. The van der Waals surface area contributed by atoms with E-state index in [9.17, 15) is 19.2 Å². The molecule has 0 aliphatic rings. The average Bonchev–Trinajstić information content (AvgIpc) is 2.62. The molecule has 0 bridgehead atoms. The summed E-state index contributed by atoms with van der Waals surface area (Å²) in [5.41, 5.74) is -1.88. The lowest BCUT2D eigenvalue weighted by Gasteiger charge is -2.00. The van der Waals surface area contributed by atoms with E-state index in [2.05, 4.69) is 4.98 Å². The van der Waals surface area contributed by atoms with Gasteiger partial charge in [-0.05, 0) is 0 Å². The molecule has 2 aromatic rings. The highest BCUT2D eigenvalue weighted by atomic mass is 16.2. The quantitative estimate of drug-likeness (QED) is 0.546. The van der Waals surface area contributed by atoms with E-state index < -0.39 is 11.2 Å². The summed E-state index contributed by atoms with van der Waals surface area (Å²) in [6.07, 6.45) is 1.55. The summed E-state index contributed by atoms with van der Waals surface area (Å²) in [6, 6.07) is 0. The Kier molecular flexibility index (Phi) is 2.04. The SMILES string of the molecule is Cn1cnc2c1c(=O)n(C=O)c(=O)n2C=O. The number of aromatic nitrogens is 4. The number of hydrogen-bond acceptors (Lipinski definition) is 5. The van der Waals surface area contributed by atoms with Crippen molar-refractivity contribution < 1.29 is 9.59 Å². The Morgan fingerprint density at radius 1 is 1.19 bits per heavy atom. The van der Waals surface area contributed by atoms with Gasteiger partial charge in [-0.2, -0.15) is 4.57 Å². The fourth-order valence-corrected chi connectivity index (χ4v) is 1.44. The predicted molar refractivity (Wildman–Crippen MR) is 53.5 cm³/mol. The summed E-state index contributed by atoms with van der Waals surface area (Å²) in [5.74, 6) is 0. The van der Waals surface area contributed by atoms with E-state index in [1.165, 1.54) is 17.9 Å². The first kappa shape index (κ1) is 10.0. The van der Waals surface area contributed by atoms with E-state index in [1.54, 1.807) is 0 Å². The molecule has 0 amide bonds. The highest BCUT2D eigenvalue weighted by Gasteiger charge is 2.15. The molecule has 0 atom stereocenters. The maximum atomic E-state index is 11.7. The van der Waals surface area contributed by atoms with Gasteiger partial charge in [0.2, 0.25) is 12.8 Å². The highest BCUT2D eigenvalue weighted by Crippen LogP contribution is 2.01. The van der Waals surface area contributed by atoms with Crippen molar-refractivity contribution in [2.75, 3.05) is 0 Å². The molecule has 82 valence electrons. The third-order valence-electron chi connectivity index (χ3n) is 2.19. The van der Waals surface area contributed by atoms with Crippen molar-refractivity contribution in [1.82, 2.24) is 18.7 Å². The van der Waals surface area contributed by atoms with Crippen LogP contribution in [0, 0.1) is 0 Å². The monoisotopic (exact) mass is 222 g/mol. The molecule has 0 fully saturated rings. The van der Waals surface area contributed by atoms with Gasteiger partial charge >= 0.3 is 5.69 Å². The maximum absolute atomic E-state index is 11.7. The maximum Gasteiger partial charge on any atom is 0.346 e. The number of aryl methyl sites for hydroxylation is 1. The van der Waals surface area contributed by atoms with Gasteiger partial charge in [-0.1, -0.05) is 0 Å². The van der Waals surface area contributed by atoms with E-state index in [4.69, 9.17) is 0 Å². The standard InChI is InChI=1S/C8H6N4O4/c1-10-2-9-6-5(10)7(15)12(4-14)8(16)11(6)3-13/h2-4H,1H3. The van der Waals surface area contributed by atoms with Crippen molar-refractivity contribution in [3.63, 3.8) is 0 Å². The smallest absolute Gasteiger partial charge is 0.328 e. The first-order chi connectivity index (χ1) is 7.61. The van der Waals surface area contributed by atoms with Gasteiger partial charge in [0.15, 0.2) is 11.2 Å². The molecule has 0 aliphatic carbocycles. The Hall–Kier alpha value is -2.51. The zero-order valence-corrected chi connectivity index (χ0v) is 8.15. The second kappa shape index (κ2) is 3.26. The van der Waals surface area contributed by atoms with E-state index in [0.717, 1.165) is 0 Å². The first-order valence-electron chi connectivity index (χ1n) is 4.20. The van der Waals surface area contributed by atoms with Crippen LogP contribution in [0.1, 0.15) is 0 Å². The number of carbonyl (C=O) groups is 2. The third kappa shape index (κ3) is 1.06. The number of imidazole rings is 1. The lowest BCUT2D eigenvalue weighted by atomic mass is 10.5. The molecule has 8 heteroatoms. The Labute approximate surface area is 87.4 Å². The van der Waals surface area contributed by atoms with Crippen molar-refractivity contribution in [2.24, 2.45) is 7.05 Å². The van der Waals surface area contributed by atoms with Crippen molar-refractivity contribution in [3.05, 3.63) is 27.2 Å². The molecule has 2 aromatic heterocycles. The van der Waals surface area contributed by atoms with Crippen LogP contribution in [0.4, 0.5) is 0 Å². The molecule has 0 N–H and O–H groups in total. The molecule has 0 aromatic carbocycles. The van der Waals surface area contributed by atoms with Gasteiger partial charge in [-0.3, -0.25) is 14.4 Å². The summed E-state index contributed by atoms with van der Waals surface area (Å²) < 4.78 is 2.25. The van der Waals surface area contributed by atoms with Gasteiger partial charge < -0.3 is 4.57 Å². The topological polar surface area (TPSA) is 96.0 Å². The zero-order valence-electron chi connectivity index (χ0n) is 8.15. The number of nitrogens with zero attached hydrogens (tertiary/aromatic N) is 4. The molecule has 0 aliphatic heterocycles. The van der Waals surface area contributed by atoms with Crippen LogP contribution in [0.3, 0.4) is 0 Å². The Bertz CT molecular complexity index is 705. The Balaban J connectivity index is 3.21. The Morgan fingerprint density at radius 3 is 2.38 bits per heavy atom. The van der Waals surface area contributed by atoms with Crippen molar-refractivity contribution in [3.8, 4) is 0 Å². The van der Waals surface area contributed by atoms with E-state index in [0.29, 0.717) is 9.13 Å². The number of carbonyl (C=O) groups excluding carboxylic acids is 2. The number of rotatable bonds is 2. The van der Waals surface area contributed by atoms with Crippen LogP contribution in [0.15, 0.2) is 15.9 Å². The van der Waals surface area contributed by atoms with Gasteiger partial charge in [0.25, 0.3) is 5.56 Å². The molecular weight excluding hydrogens is 216 g/mol. The minimum Gasteiger partial charge on any atom is -0.328 e. The number of fused-ring (bicyclic) bond motifs is 1. The largest absolute Gasteiger partial charge is 0.346 e. The van der Waals surface area contributed by atoms with Gasteiger partial charge in [-0.15, -0.1) is 0 Å². The summed E-state index contributed by atoms with van der Waals surface area (Å²) in [7, 11) is 1.52. The van der Waals surface area contributed by atoms with Gasteiger partial charge in [0.05, 0.1) is 6.33 Å². The summed E-state index contributed by atoms with van der Waals surface area (Å²) >= 11 is 0. The predicted octanol–water partition coefficient (Wildman–Crippen LogP) is -2.03.